The van der Waals surface area contributed by atoms with Gasteiger partial charge in [0.15, 0.2) is 0 Å². The number of nitrogens with zero attached hydrogens (tertiary/aromatic N) is 2. The number of aliphatic hydroxyl groups excluding tert-OH is 1. The Bertz CT molecular complexity index is 1390. The summed E-state index contributed by atoms with van der Waals surface area (Å²) < 4.78 is 0. The largest absolute Gasteiger partial charge is 0.392 e. The number of thiophene rings is 1. The zero-order chi connectivity index (χ0) is 33.0. The minimum atomic E-state index is -0.870. The molecule has 0 aliphatic rings. The van der Waals surface area contributed by atoms with Crippen LogP contribution >= 0.6 is 11.3 Å². The fraction of sp³-hybridized carbons (Fsp3) is 0.417. The Morgan fingerprint density at radius 2 is 1.56 bits per heavy atom. The first-order valence-corrected chi connectivity index (χ1v) is 16.5. The molecule has 0 fully saturated rings. The predicted molar refractivity (Wildman–Crippen MR) is 183 cm³/mol. The zero-order valence-electron chi connectivity index (χ0n) is 27.1. The van der Waals surface area contributed by atoms with Crippen molar-refractivity contribution < 1.29 is 19.5 Å². The molecule has 3 rings (SSSR count). The van der Waals surface area contributed by atoms with Crippen molar-refractivity contribution in [2.75, 3.05) is 20.6 Å². The lowest BCUT2D eigenvalue weighted by molar-refractivity contribution is -0.146. The van der Waals surface area contributed by atoms with Gasteiger partial charge in [-0.05, 0) is 60.4 Å². The van der Waals surface area contributed by atoms with Crippen LogP contribution in [0.5, 0.6) is 0 Å². The first kappa shape index (κ1) is 35.7. The molecule has 242 valence electrons. The molecule has 0 spiro atoms. The zero-order valence-corrected chi connectivity index (χ0v) is 27.9. The Labute approximate surface area is 271 Å². The van der Waals surface area contributed by atoms with Gasteiger partial charge < -0.3 is 26.0 Å². The lowest BCUT2D eigenvalue weighted by Crippen LogP contribution is -2.56. The summed E-state index contributed by atoms with van der Waals surface area (Å²) in [7, 11) is 3.23. The summed E-state index contributed by atoms with van der Waals surface area (Å²) in [5.41, 5.74) is 9.07. The number of nitrogens with one attached hydrogen (secondary N) is 1. The van der Waals surface area contributed by atoms with Crippen LogP contribution in [-0.4, -0.2) is 77.0 Å². The number of hydrogen-bond acceptors (Lipinski definition) is 6. The van der Waals surface area contributed by atoms with Crippen molar-refractivity contribution in [1.29, 1.82) is 0 Å². The topological polar surface area (TPSA) is 116 Å². The second kappa shape index (κ2) is 17.1. The third-order valence-corrected chi connectivity index (χ3v) is 9.35. The molecule has 4 N–H and O–H groups in total. The summed E-state index contributed by atoms with van der Waals surface area (Å²) in [5, 5.41) is 14.5. The number of carbonyl (C=O) groups excluding carboxylic acids is 3. The van der Waals surface area contributed by atoms with E-state index in [1.165, 1.54) is 27.2 Å². The van der Waals surface area contributed by atoms with Crippen molar-refractivity contribution in [3.63, 3.8) is 0 Å². The highest BCUT2D eigenvalue weighted by Gasteiger charge is 2.35. The summed E-state index contributed by atoms with van der Waals surface area (Å²) >= 11 is 1.51. The molecule has 2 aromatic carbocycles. The first-order chi connectivity index (χ1) is 21.5. The molecule has 0 radical (unpaired) electrons. The van der Waals surface area contributed by atoms with Crippen LogP contribution in [-0.2, 0) is 27.2 Å². The molecular formula is C36H48N4O4S. The maximum atomic E-state index is 14.3. The van der Waals surface area contributed by atoms with Crippen molar-refractivity contribution in [3.05, 3.63) is 94.7 Å². The van der Waals surface area contributed by atoms with Crippen LogP contribution in [0, 0.1) is 0 Å². The fourth-order valence-electron chi connectivity index (χ4n) is 5.06. The fourth-order valence-corrected chi connectivity index (χ4v) is 5.80. The second-order valence-corrected chi connectivity index (χ2v) is 12.8. The van der Waals surface area contributed by atoms with Gasteiger partial charge in [-0.3, -0.25) is 14.4 Å². The number of aliphatic hydroxyl groups is 1. The van der Waals surface area contributed by atoms with E-state index in [2.05, 4.69) is 5.32 Å². The molecule has 0 aliphatic heterocycles. The number of rotatable bonds is 16. The molecule has 45 heavy (non-hydrogen) atoms. The van der Waals surface area contributed by atoms with Crippen LogP contribution in [0.1, 0.15) is 50.5 Å². The number of hydrogen-bond donors (Lipinski definition) is 3. The maximum absolute atomic E-state index is 14.3. The number of carbonyl (C=O) groups is 3. The Morgan fingerprint density at radius 3 is 2.13 bits per heavy atom. The number of amides is 3. The van der Waals surface area contributed by atoms with E-state index in [1.807, 2.05) is 86.0 Å². The molecule has 0 unspecified atom stereocenters. The van der Waals surface area contributed by atoms with Crippen molar-refractivity contribution in [3.8, 4) is 11.1 Å². The Morgan fingerprint density at radius 1 is 0.911 bits per heavy atom. The quantitative estimate of drug-likeness (QED) is 0.196. The van der Waals surface area contributed by atoms with E-state index in [0.29, 0.717) is 12.8 Å². The van der Waals surface area contributed by atoms with Gasteiger partial charge in [0, 0.05) is 43.9 Å². The Hall–Kier alpha value is -3.79. The molecule has 9 heteroatoms. The molecule has 0 aliphatic carbocycles. The summed E-state index contributed by atoms with van der Waals surface area (Å²) in [6.45, 7) is 5.72. The monoisotopic (exact) mass is 632 g/mol. The van der Waals surface area contributed by atoms with Crippen LogP contribution in [0.3, 0.4) is 0 Å². The van der Waals surface area contributed by atoms with Crippen LogP contribution in [0.15, 0.2) is 84.3 Å². The average molecular weight is 633 g/mol. The van der Waals surface area contributed by atoms with E-state index in [4.69, 9.17) is 5.73 Å². The molecule has 3 amide bonds. The number of likely N-dealkylation sites (N-methyl/N-ethyl adjacent to an activating group) is 2. The molecule has 3 aromatic rings. The van der Waals surface area contributed by atoms with Crippen molar-refractivity contribution in [2.24, 2.45) is 5.73 Å². The van der Waals surface area contributed by atoms with Crippen LogP contribution in [0.4, 0.5) is 0 Å². The van der Waals surface area contributed by atoms with Crippen LogP contribution in [0.2, 0.25) is 0 Å². The first-order valence-electron chi connectivity index (χ1n) is 15.6. The molecule has 0 saturated heterocycles. The molecule has 3 atom stereocenters. The van der Waals surface area contributed by atoms with E-state index in [-0.39, 0.29) is 36.2 Å². The van der Waals surface area contributed by atoms with Gasteiger partial charge in [0.1, 0.15) is 12.1 Å². The molecule has 1 aromatic heterocycles. The summed E-state index contributed by atoms with van der Waals surface area (Å²) in [4.78, 5) is 44.9. The standard InChI is InChI=1S/C36H48N4O4S/c1-6-36(37,7-2)21-11-16-33(42)39(4)32(23-27-17-19-29(20-18-27)28-13-9-8-10-14-28)35(44)40(5)31(24-30-15-12-22-45-30)34(43)38-25-26(3)41/h8-20,22,26,31-32,41H,6-7,21,23-25,37H2,1-5H3,(H,38,43)/t26-,31-,32-/m1/s1. The van der Waals surface area contributed by atoms with Gasteiger partial charge >= 0.3 is 0 Å². The van der Waals surface area contributed by atoms with Crippen molar-refractivity contribution in [1.82, 2.24) is 15.1 Å². The maximum Gasteiger partial charge on any atom is 0.246 e. The predicted octanol–water partition coefficient (Wildman–Crippen LogP) is 4.82. The van der Waals surface area contributed by atoms with Crippen LogP contribution < -0.4 is 11.1 Å². The number of nitrogens with two attached hydrogens (primary N) is 1. The van der Waals surface area contributed by atoms with Gasteiger partial charge in [0.05, 0.1) is 6.10 Å². The van der Waals surface area contributed by atoms with Gasteiger partial charge in [0.2, 0.25) is 17.7 Å². The van der Waals surface area contributed by atoms with Gasteiger partial charge in [-0.25, -0.2) is 0 Å². The normalized spacial score (nSPS) is 13.7. The van der Waals surface area contributed by atoms with Crippen LogP contribution in [0.25, 0.3) is 11.1 Å². The Kier molecular flexibility index (Phi) is 13.5. The van der Waals surface area contributed by atoms with E-state index < -0.39 is 18.2 Å². The second-order valence-electron chi connectivity index (χ2n) is 11.8. The van der Waals surface area contributed by atoms with Gasteiger partial charge in [0.25, 0.3) is 0 Å². The van der Waals surface area contributed by atoms with Crippen molar-refractivity contribution in [2.45, 2.75) is 76.6 Å². The lowest BCUT2D eigenvalue weighted by atomic mass is 9.90. The minimum Gasteiger partial charge on any atom is -0.392 e. The van der Waals surface area contributed by atoms with Gasteiger partial charge in [-0.15, -0.1) is 11.3 Å². The Balaban J connectivity index is 1.91. The van der Waals surface area contributed by atoms with E-state index in [9.17, 15) is 19.5 Å². The highest BCUT2D eigenvalue weighted by molar-refractivity contribution is 7.09. The average Bonchev–Trinajstić information content (AvgIpc) is 3.58. The summed E-state index contributed by atoms with van der Waals surface area (Å²) in [5.74, 6) is -1.03. The highest BCUT2D eigenvalue weighted by atomic mass is 32.1. The molecule has 1 heterocycles. The van der Waals surface area contributed by atoms with Gasteiger partial charge in [-0.2, -0.15) is 0 Å². The molecule has 8 nitrogen and oxygen atoms in total. The van der Waals surface area contributed by atoms with Crippen molar-refractivity contribution >= 4 is 29.1 Å². The third-order valence-electron chi connectivity index (χ3n) is 8.45. The molecule has 0 saturated carbocycles. The SMILES string of the molecule is CCC(N)(CC)CC=CC(=O)N(C)[C@H](Cc1ccc(-c2ccccc2)cc1)C(=O)N(C)[C@H](Cc1cccs1)C(=O)NC[C@@H](C)O. The number of benzene rings is 2. The molecular weight excluding hydrogens is 584 g/mol. The van der Waals surface area contributed by atoms with E-state index >= 15 is 0 Å². The third kappa shape index (κ3) is 10.4. The minimum absolute atomic E-state index is 0.0698. The smallest absolute Gasteiger partial charge is 0.246 e. The molecule has 0 bridgehead atoms. The van der Waals surface area contributed by atoms with Gasteiger partial charge in [-0.1, -0.05) is 80.6 Å². The van der Waals surface area contributed by atoms with E-state index in [0.717, 1.165) is 34.4 Å². The lowest BCUT2D eigenvalue weighted by Gasteiger charge is -2.34. The summed E-state index contributed by atoms with van der Waals surface area (Å²) in [6, 6.07) is 20.1. The van der Waals surface area contributed by atoms with E-state index in [1.54, 1.807) is 27.1 Å². The summed E-state index contributed by atoms with van der Waals surface area (Å²) in [6.07, 6.45) is 5.24. The highest BCUT2D eigenvalue weighted by Crippen LogP contribution is 2.22.